The number of hydrazine groups is 1. The third-order valence-corrected chi connectivity index (χ3v) is 3.77. The minimum absolute atomic E-state index is 0.224. The van der Waals surface area contributed by atoms with Crippen LogP contribution in [0.1, 0.15) is 17.2 Å². The summed E-state index contributed by atoms with van der Waals surface area (Å²) in [6.45, 7) is 0. The van der Waals surface area contributed by atoms with E-state index in [2.05, 4.69) is 16.5 Å². The zero-order chi connectivity index (χ0) is 14.8. The van der Waals surface area contributed by atoms with Crippen molar-refractivity contribution >= 4 is 34.1 Å². The molecule has 106 valence electrons. The summed E-state index contributed by atoms with van der Waals surface area (Å²) in [7, 11) is 0. The quantitative estimate of drug-likeness (QED) is 0.565. The Morgan fingerprint density at radius 2 is 1.67 bits per heavy atom. The second-order valence-electron chi connectivity index (χ2n) is 4.76. The molecule has 3 nitrogen and oxygen atoms in total. The van der Waals surface area contributed by atoms with Crippen molar-refractivity contribution < 1.29 is 0 Å². The minimum atomic E-state index is -0.224. The Bertz CT molecular complexity index is 769. The van der Waals surface area contributed by atoms with E-state index in [0.29, 0.717) is 10.0 Å². The van der Waals surface area contributed by atoms with Crippen LogP contribution in [0.25, 0.3) is 10.9 Å². The molecule has 0 aliphatic heterocycles. The van der Waals surface area contributed by atoms with Gasteiger partial charge in [-0.15, -0.1) is 0 Å². The summed E-state index contributed by atoms with van der Waals surface area (Å²) in [6, 6.07) is 15.1. The van der Waals surface area contributed by atoms with Crippen molar-refractivity contribution in [2.45, 2.75) is 6.04 Å². The Morgan fingerprint density at radius 3 is 2.38 bits per heavy atom. The van der Waals surface area contributed by atoms with Gasteiger partial charge in [0.1, 0.15) is 0 Å². The van der Waals surface area contributed by atoms with Gasteiger partial charge in [0.05, 0.1) is 11.6 Å². The maximum Gasteiger partial charge on any atom is 0.0726 e. The Morgan fingerprint density at radius 1 is 0.952 bits per heavy atom. The number of nitrogens with zero attached hydrogens (tertiary/aromatic N) is 1. The molecule has 0 spiro atoms. The number of fused-ring (bicyclic) bond motifs is 1. The lowest BCUT2D eigenvalue weighted by Crippen LogP contribution is -2.29. The molecule has 1 aromatic heterocycles. The summed E-state index contributed by atoms with van der Waals surface area (Å²) in [6.07, 6.45) is 1.81. The van der Waals surface area contributed by atoms with E-state index in [1.807, 2.05) is 42.6 Å². The molecule has 0 radical (unpaired) electrons. The Labute approximate surface area is 132 Å². The molecule has 0 aliphatic carbocycles. The van der Waals surface area contributed by atoms with Crippen molar-refractivity contribution in [2.24, 2.45) is 5.84 Å². The highest BCUT2D eigenvalue weighted by Gasteiger charge is 2.14. The van der Waals surface area contributed by atoms with E-state index in [-0.39, 0.29) is 6.04 Å². The molecule has 0 bridgehead atoms. The van der Waals surface area contributed by atoms with Crippen LogP contribution in [0.5, 0.6) is 0 Å². The summed E-state index contributed by atoms with van der Waals surface area (Å²) >= 11 is 12.1. The van der Waals surface area contributed by atoms with Crippen molar-refractivity contribution in [2.75, 3.05) is 0 Å². The molecule has 21 heavy (non-hydrogen) atoms. The van der Waals surface area contributed by atoms with E-state index in [1.54, 1.807) is 6.07 Å². The maximum absolute atomic E-state index is 6.07. The third-order valence-electron chi connectivity index (χ3n) is 3.33. The number of halogens is 2. The average molecular weight is 318 g/mol. The second kappa shape index (κ2) is 6.00. The van der Waals surface area contributed by atoms with Crippen LogP contribution in [0.2, 0.25) is 10.0 Å². The van der Waals surface area contributed by atoms with Crippen LogP contribution in [0.3, 0.4) is 0 Å². The van der Waals surface area contributed by atoms with Crippen LogP contribution in [-0.4, -0.2) is 4.98 Å². The largest absolute Gasteiger partial charge is 0.271 e. The van der Waals surface area contributed by atoms with Gasteiger partial charge in [-0.25, -0.2) is 5.43 Å². The lowest BCUT2D eigenvalue weighted by molar-refractivity contribution is 0.636. The molecule has 0 saturated carbocycles. The third kappa shape index (κ3) is 3.01. The molecule has 1 atom stereocenters. The first-order chi connectivity index (χ1) is 10.2. The number of nitrogens with one attached hydrogen (secondary N) is 1. The smallest absolute Gasteiger partial charge is 0.0726 e. The molecule has 1 heterocycles. The molecule has 2 aromatic carbocycles. The zero-order valence-corrected chi connectivity index (χ0v) is 12.6. The average Bonchev–Trinajstić information content (AvgIpc) is 2.47. The first kappa shape index (κ1) is 14.3. The van der Waals surface area contributed by atoms with Crippen LogP contribution in [-0.2, 0) is 0 Å². The molecule has 0 aliphatic rings. The van der Waals surface area contributed by atoms with Crippen LogP contribution >= 0.6 is 23.2 Å². The number of pyridine rings is 1. The van der Waals surface area contributed by atoms with Gasteiger partial charge in [-0.1, -0.05) is 41.4 Å². The predicted molar refractivity (Wildman–Crippen MR) is 87.4 cm³/mol. The van der Waals surface area contributed by atoms with Gasteiger partial charge in [0.15, 0.2) is 0 Å². The van der Waals surface area contributed by atoms with Gasteiger partial charge in [-0.3, -0.25) is 10.8 Å². The zero-order valence-electron chi connectivity index (χ0n) is 11.1. The van der Waals surface area contributed by atoms with Crippen LogP contribution < -0.4 is 11.3 Å². The van der Waals surface area contributed by atoms with E-state index in [0.717, 1.165) is 22.0 Å². The number of hydrogen-bond acceptors (Lipinski definition) is 3. The van der Waals surface area contributed by atoms with Crippen LogP contribution in [0, 0.1) is 0 Å². The fourth-order valence-corrected chi connectivity index (χ4v) is 2.92. The topological polar surface area (TPSA) is 50.9 Å². The molecule has 3 rings (SSSR count). The van der Waals surface area contributed by atoms with E-state index in [9.17, 15) is 0 Å². The summed E-state index contributed by atoms with van der Waals surface area (Å²) in [5, 5.41) is 2.21. The van der Waals surface area contributed by atoms with E-state index in [1.165, 1.54) is 0 Å². The number of benzene rings is 2. The second-order valence-corrected chi connectivity index (χ2v) is 5.64. The van der Waals surface area contributed by atoms with Gasteiger partial charge in [-0.2, -0.15) is 0 Å². The van der Waals surface area contributed by atoms with Crippen molar-refractivity contribution in [3.8, 4) is 0 Å². The normalized spacial score (nSPS) is 12.5. The standard InChI is InChI=1S/C16H13Cl2N3/c17-13-6-11(7-14(18)8-13)16(21-19)12-5-10-3-1-2-4-15(10)20-9-12/h1-9,16,21H,19H2. The van der Waals surface area contributed by atoms with E-state index < -0.39 is 0 Å². The van der Waals surface area contributed by atoms with Gasteiger partial charge in [-0.05, 0) is 41.5 Å². The molecule has 0 amide bonds. The summed E-state index contributed by atoms with van der Waals surface area (Å²) < 4.78 is 0. The SMILES string of the molecule is NNC(c1cc(Cl)cc(Cl)c1)c1cnc2ccccc2c1. The summed E-state index contributed by atoms with van der Waals surface area (Å²) in [5.74, 6) is 5.72. The fourth-order valence-electron chi connectivity index (χ4n) is 2.37. The lowest BCUT2D eigenvalue weighted by Gasteiger charge is -2.17. The highest BCUT2D eigenvalue weighted by Crippen LogP contribution is 2.28. The number of aromatic nitrogens is 1. The number of para-hydroxylation sites is 1. The fraction of sp³-hybridized carbons (Fsp3) is 0.0625. The first-order valence-corrected chi connectivity index (χ1v) is 7.20. The molecule has 3 aromatic rings. The highest BCUT2D eigenvalue weighted by atomic mass is 35.5. The Balaban J connectivity index is 2.08. The monoisotopic (exact) mass is 317 g/mol. The highest BCUT2D eigenvalue weighted by molar-refractivity contribution is 6.34. The molecule has 0 saturated heterocycles. The lowest BCUT2D eigenvalue weighted by atomic mass is 9.99. The molecule has 1 unspecified atom stereocenters. The number of nitrogens with two attached hydrogens (primary N) is 1. The predicted octanol–water partition coefficient (Wildman–Crippen LogP) is 4.09. The van der Waals surface area contributed by atoms with Crippen molar-refractivity contribution in [1.29, 1.82) is 0 Å². The Hall–Kier alpha value is -1.65. The summed E-state index contributed by atoms with van der Waals surface area (Å²) in [4.78, 5) is 4.46. The van der Waals surface area contributed by atoms with E-state index >= 15 is 0 Å². The van der Waals surface area contributed by atoms with Crippen molar-refractivity contribution in [1.82, 2.24) is 10.4 Å². The molecular weight excluding hydrogens is 305 g/mol. The first-order valence-electron chi connectivity index (χ1n) is 6.44. The van der Waals surface area contributed by atoms with E-state index in [4.69, 9.17) is 29.0 Å². The van der Waals surface area contributed by atoms with Gasteiger partial charge in [0, 0.05) is 21.6 Å². The maximum atomic E-state index is 6.07. The van der Waals surface area contributed by atoms with Gasteiger partial charge in [0.25, 0.3) is 0 Å². The van der Waals surface area contributed by atoms with Crippen LogP contribution in [0.15, 0.2) is 54.7 Å². The van der Waals surface area contributed by atoms with Crippen LogP contribution in [0.4, 0.5) is 0 Å². The molecule has 0 fully saturated rings. The molecular formula is C16H13Cl2N3. The van der Waals surface area contributed by atoms with Crippen molar-refractivity contribution in [3.05, 3.63) is 75.9 Å². The number of rotatable bonds is 3. The number of hydrogen-bond donors (Lipinski definition) is 2. The van der Waals surface area contributed by atoms with Gasteiger partial charge in [0.2, 0.25) is 0 Å². The summed E-state index contributed by atoms with van der Waals surface area (Å²) in [5.41, 5.74) is 5.59. The Kier molecular flexibility index (Phi) is 4.08. The van der Waals surface area contributed by atoms with Crippen molar-refractivity contribution in [3.63, 3.8) is 0 Å². The van der Waals surface area contributed by atoms with Gasteiger partial charge >= 0.3 is 0 Å². The van der Waals surface area contributed by atoms with Gasteiger partial charge < -0.3 is 0 Å². The minimum Gasteiger partial charge on any atom is -0.271 e. The molecule has 5 heteroatoms. The molecule has 3 N–H and O–H groups in total.